The number of nitrogens with one attached hydrogen (secondary N) is 1. The van der Waals surface area contributed by atoms with Crippen LogP contribution in [0.15, 0.2) is 5.51 Å². The molecule has 1 aliphatic carbocycles. The van der Waals surface area contributed by atoms with Crippen LogP contribution < -0.4 is 5.32 Å². The van der Waals surface area contributed by atoms with Gasteiger partial charge in [0.05, 0.1) is 17.8 Å². The van der Waals surface area contributed by atoms with E-state index in [1.54, 1.807) is 11.3 Å². The van der Waals surface area contributed by atoms with Crippen LogP contribution in [0.25, 0.3) is 0 Å². The fraction of sp³-hybridized carbons (Fsp3) is 0.667. The highest BCUT2D eigenvalue weighted by Gasteiger charge is 2.41. The van der Waals surface area contributed by atoms with Crippen LogP contribution in [-0.4, -0.2) is 22.2 Å². The highest BCUT2D eigenvalue weighted by molar-refractivity contribution is 7.09. The molecule has 1 aliphatic rings. The highest BCUT2D eigenvalue weighted by Crippen LogP contribution is 2.35. The van der Waals surface area contributed by atoms with Crippen molar-refractivity contribution in [3.8, 4) is 0 Å². The third kappa shape index (κ3) is 1.90. The van der Waals surface area contributed by atoms with Crippen molar-refractivity contribution < 1.29 is 5.11 Å². The number of rotatable bonds is 4. The second kappa shape index (κ2) is 3.36. The number of thiazole rings is 1. The molecule has 0 aliphatic heterocycles. The number of aryl methyl sites for hydroxylation is 1. The van der Waals surface area contributed by atoms with E-state index < -0.39 is 0 Å². The van der Waals surface area contributed by atoms with Crippen molar-refractivity contribution >= 4 is 11.3 Å². The Balaban J connectivity index is 1.90. The van der Waals surface area contributed by atoms with Crippen LogP contribution in [-0.2, 0) is 6.54 Å². The maximum atomic E-state index is 9.08. The predicted octanol–water partition coefficient (Wildman–Crippen LogP) is 1.07. The van der Waals surface area contributed by atoms with E-state index in [-0.39, 0.29) is 12.1 Å². The lowest BCUT2D eigenvalue weighted by molar-refractivity contribution is 0.230. The first-order valence-electron chi connectivity index (χ1n) is 4.51. The Labute approximate surface area is 81.8 Å². The molecular formula is C9H14N2OS. The molecule has 1 saturated carbocycles. The first-order valence-corrected chi connectivity index (χ1v) is 5.39. The molecule has 0 radical (unpaired) electrons. The predicted molar refractivity (Wildman–Crippen MR) is 52.7 cm³/mol. The van der Waals surface area contributed by atoms with Gasteiger partial charge in [-0.15, -0.1) is 11.3 Å². The third-order valence-corrected chi connectivity index (χ3v) is 3.56. The monoisotopic (exact) mass is 198 g/mol. The molecule has 0 aromatic carbocycles. The number of aliphatic hydroxyl groups is 1. The third-order valence-electron chi connectivity index (χ3n) is 2.63. The van der Waals surface area contributed by atoms with Crippen LogP contribution in [0, 0.1) is 6.92 Å². The van der Waals surface area contributed by atoms with Gasteiger partial charge in [-0.1, -0.05) is 0 Å². The molecule has 13 heavy (non-hydrogen) atoms. The highest BCUT2D eigenvalue weighted by atomic mass is 32.1. The Morgan fingerprint density at radius 3 is 2.92 bits per heavy atom. The fourth-order valence-electron chi connectivity index (χ4n) is 1.31. The van der Waals surface area contributed by atoms with E-state index in [2.05, 4.69) is 10.3 Å². The summed E-state index contributed by atoms with van der Waals surface area (Å²) >= 11 is 1.67. The van der Waals surface area contributed by atoms with Gasteiger partial charge in [0.25, 0.3) is 0 Å². The second-order valence-corrected chi connectivity index (χ2v) is 4.59. The van der Waals surface area contributed by atoms with Gasteiger partial charge in [-0.05, 0) is 19.8 Å². The first kappa shape index (κ1) is 9.12. The van der Waals surface area contributed by atoms with Gasteiger partial charge in [0, 0.05) is 17.0 Å². The Kier molecular flexibility index (Phi) is 2.36. The molecule has 1 aromatic heterocycles. The lowest BCUT2D eigenvalue weighted by atomic mass is 10.3. The van der Waals surface area contributed by atoms with E-state index >= 15 is 0 Å². The van der Waals surface area contributed by atoms with Gasteiger partial charge < -0.3 is 10.4 Å². The molecule has 2 N–H and O–H groups in total. The van der Waals surface area contributed by atoms with Crippen LogP contribution in [0.2, 0.25) is 0 Å². The van der Waals surface area contributed by atoms with Crippen LogP contribution in [0.1, 0.15) is 23.4 Å². The Bertz CT molecular complexity index is 294. The molecule has 1 heterocycles. The van der Waals surface area contributed by atoms with Gasteiger partial charge >= 0.3 is 0 Å². The van der Waals surface area contributed by atoms with Gasteiger partial charge in [-0.2, -0.15) is 0 Å². The van der Waals surface area contributed by atoms with E-state index in [1.807, 2.05) is 12.4 Å². The molecule has 4 heteroatoms. The molecule has 0 saturated heterocycles. The number of aliphatic hydroxyl groups excluding tert-OH is 1. The summed E-state index contributed by atoms with van der Waals surface area (Å²) in [4.78, 5) is 5.46. The zero-order chi connectivity index (χ0) is 9.31. The van der Waals surface area contributed by atoms with Crippen LogP contribution in [0.3, 0.4) is 0 Å². The number of hydrogen-bond donors (Lipinski definition) is 2. The maximum Gasteiger partial charge on any atom is 0.0798 e. The summed E-state index contributed by atoms with van der Waals surface area (Å²) in [6.45, 7) is 3.12. The van der Waals surface area contributed by atoms with Gasteiger partial charge in [-0.25, -0.2) is 4.98 Å². The fourth-order valence-corrected chi connectivity index (χ4v) is 2.02. The minimum atomic E-state index is 0.0381. The molecule has 3 nitrogen and oxygen atoms in total. The molecular weight excluding hydrogens is 184 g/mol. The number of hydrogen-bond acceptors (Lipinski definition) is 4. The molecule has 0 atom stereocenters. The minimum absolute atomic E-state index is 0.0381. The van der Waals surface area contributed by atoms with Crippen molar-refractivity contribution in [2.75, 3.05) is 6.61 Å². The van der Waals surface area contributed by atoms with Gasteiger partial charge in [-0.3, -0.25) is 0 Å². The zero-order valence-electron chi connectivity index (χ0n) is 7.71. The lowest BCUT2D eigenvalue weighted by Crippen LogP contribution is -2.34. The van der Waals surface area contributed by atoms with E-state index in [0.29, 0.717) is 0 Å². The van der Waals surface area contributed by atoms with E-state index in [0.717, 1.165) is 25.1 Å². The zero-order valence-corrected chi connectivity index (χ0v) is 8.52. The normalized spacial score (nSPS) is 18.9. The molecule has 0 spiro atoms. The van der Waals surface area contributed by atoms with Crippen molar-refractivity contribution in [3.63, 3.8) is 0 Å². The molecule has 0 unspecified atom stereocenters. The van der Waals surface area contributed by atoms with Crippen molar-refractivity contribution in [2.24, 2.45) is 0 Å². The van der Waals surface area contributed by atoms with Crippen LogP contribution in [0.5, 0.6) is 0 Å². The molecule has 1 aromatic rings. The Morgan fingerprint density at radius 1 is 1.69 bits per heavy atom. The summed E-state index contributed by atoms with van der Waals surface area (Å²) in [5.41, 5.74) is 3.01. The smallest absolute Gasteiger partial charge is 0.0798 e. The quantitative estimate of drug-likeness (QED) is 0.760. The Hall–Kier alpha value is -0.450. The van der Waals surface area contributed by atoms with Crippen molar-refractivity contribution in [2.45, 2.75) is 31.8 Å². The van der Waals surface area contributed by atoms with E-state index in [1.165, 1.54) is 4.88 Å². The number of nitrogens with zero attached hydrogens (tertiary/aromatic N) is 1. The summed E-state index contributed by atoms with van der Waals surface area (Å²) in [5.74, 6) is 0. The minimum Gasteiger partial charge on any atom is -0.394 e. The summed E-state index contributed by atoms with van der Waals surface area (Å²) < 4.78 is 0. The van der Waals surface area contributed by atoms with Gasteiger partial charge in [0.15, 0.2) is 0 Å². The topological polar surface area (TPSA) is 45.2 Å². The maximum absolute atomic E-state index is 9.08. The molecule has 0 bridgehead atoms. The summed E-state index contributed by atoms with van der Waals surface area (Å²) in [6, 6.07) is 0. The largest absolute Gasteiger partial charge is 0.394 e. The van der Waals surface area contributed by atoms with Crippen molar-refractivity contribution in [1.82, 2.24) is 10.3 Å². The Morgan fingerprint density at radius 2 is 2.46 bits per heavy atom. The molecule has 1 fully saturated rings. The second-order valence-electron chi connectivity index (χ2n) is 3.65. The summed E-state index contributed by atoms with van der Waals surface area (Å²) in [5, 5.41) is 12.5. The standard InChI is InChI=1S/C9H14N2OS/c1-7-8(13-6-10-7)4-11-9(5-12)2-3-9/h6,11-12H,2-5H2,1H3. The van der Waals surface area contributed by atoms with Gasteiger partial charge in [0.2, 0.25) is 0 Å². The van der Waals surface area contributed by atoms with E-state index in [4.69, 9.17) is 5.11 Å². The van der Waals surface area contributed by atoms with Crippen LogP contribution >= 0.6 is 11.3 Å². The summed E-state index contributed by atoms with van der Waals surface area (Å²) in [7, 11) is 0. The van der Waals surface area contributed by atoms with Crippen molar-refractivity contribution in [3.05, 3.63) is 16.1 Å². The van der Waals surface area contributed by atoms with E-state index in [9.17, 15) is 0 Å². The van der Waals surface area contributed by atoms with Crippen molar-refractivity contribution in [1.29, 1.82) is 0 Å². The van der Waals surface area contributed by atoms with Crippen LogP contribution in [0.4, 0.5) is 0 Å². The molecule has 72 valence electrons. The molecule has 2 rings (SSSR count). The average molecular weight is 198 g/mol. The molecule has 0 amide bonds. The lowest BCUT2D eigenvalue weighted by Gasteiger charge is -2.12. The summed E-state index contributed by atoms with van der Waals surface area (Å²) in [6.07, 6.45) is 2.20. The average Bonchev–Trinajstić information content (AvgIpc) is 2.82. The van der Waals surface area contributed by atoms with Gasteiger partial charge in [0.1, 0.15) is 0 Å². The first-order chi connectivity index (χ1) is 6.26. The number of aromatic nitrogens is 1. The SMILES string of the molecule is Cc1ncsc1CNC1(CO)CC1.